The molecule has 0 fully saturated rings. The van der Waals surface area contributed by atoms with E-state index in [4.69, 9.17) is 25.8 Å². The third kappa shape index (κ3) is 6.03. The van der Waals surface area contributed by atoms with E-state index in [1.165, 1.54) is 6.21 Å². The van der Waals surface area contributed by atoms with Crippen LogP contribution in [-0.2, 0) is 0 Å². The van der Waals surface area contributed by atoms with E-state index in [-0.39, 0.29) is 5.91 Å². The number of hydrazone groups is 1. The minimum absolute atomic E-state index is 0.311. The largest absolute Gasteiger partial charge is 0.494 e. The highest BCUT2D eigenvalue weighted by atomic mass is 35.5. The van der Waals surface area contributed by atoms with E-state index in [0.29, 0.717) is 53.2 Å². The van der Waals surface area contributed by atoms with Gasteiger partial charge < -0.3 is 14.2 Å². The van der Waals surface area contributed by atoms with Crippen molar-refractivity contribution in [2.24, 2.45) is 5.10 Å². The van der Waals surface area contributed by atoms with E-state index in [0.717, 1.165) is 0 Å². The van der Waals surface area contributed by atoms with Crippen LogP contribution in [0.3, 0.4) is 0 Å². The first-order chi connectivity index (χ1) is 13.6. The Kier molecular flexibility index (Phi) is 8.37. The van der Waals surface area contributed by atoms with Gasteiger partial charge in [-0.25, -0.2) is 5.43 Å². The fourth-order valence-corrected chi connectivity index (χ4v) is 2.58. The normalized spacial score (nSPS) is 10.5. The molecule has 0 aliphatic heterocycles. The lowest BCUT2D eigenvalue weighted by Gasteiger charge is -2.13. The van der Waals surface area contributed by atoms with E-state index in [1.807, 2.05) is 13.8 Å². The van der Waals surface area contributed by atoms with Crippen LogP contribution < -0.4 is 19.6 Å². The van der Waals surface area contributed by atoms with E-state index in [9.17, 15) is 4.79 Å². The topological polar surface area (TPSA) is 69.2 Å². The molecule has 0 aliphatic rings. The standard InChI is InChI=1S/C21H23ClN2O4/c1-4-11-28-20-18(22)12-15(13-19(20)27-6-3)14-23-24-21(25)16-7-9-17(10-8-16)26-5-2/h4,7-10,12-14H,1,5-6,11H2,2-3H3,(H,24,25)/b23-14+. The third-order valence-corrected chi connectivity index (χ3v) is 3.77. The maximum absolute atomic E-state index is 12.2. The summed E-state index contributed by atoms with van der Waals surface area (Å²) in [6.45, 7) is 8.71. The Morgan fingerprint density at radius 3 is 2.50 bits per heavy atom. The molecule has 2 rings (SSSR count). The summed E-state index contributed by atoms with van der Waals surface area (Å²) in [5.41, 5.74) is 3.61. The number of hydrogen-bond acceptors (Lipinski definition) is 5. The third-order valence-electron chi connectivity index (χ3n) is 3.48. The van der Waals surface area contributed by atoms with Crippen LogP contribution in [0.4, 0.5) is 0 Å². The van der Waals surface area contributed by atoms with Gasteiger partial charge in [0.05, 0.1) is 24.5 Å². The van der Waals surface area contributed by atoms with Crippen molar-refractivity contribution in [3.8, 4) is 17.2 Å². The van der Waals surface area contributed by atoms with Crippen LogP contribution in [0, 0.1) is 0 Å². The van der Waals surface area contributed by atoms with E-state index in [1.54, 1.807) is 42.5 Å². The van der Waals surface area contributed by atoms with Gasteiger partial charge in [-0.1, -0.05) is 24.3 Å². The molecular weight excluding hydrogens is 380 g/mol. The maximum Gasteiger partial charge on any atom is 0.271 e. The summed E-state index contributed by atoms with van der Waals surface area (Å²) in [5.74, 6) is 1.32. The first-order valence-electron chi connectivity index (χ1n) is 8.85. The summed E-state index contributed by atoms with van der Waals surface area (Å²) in [5, 5.41) is 4.37. The maximum atomic E-state index is 12.2. The van der Waals surface area contributed by atoms with Crippen LogP contribution >= 0.6 is 11.6 Å². The number of hydrogen-bond donors (Lipinski definition) is 1. The molecule has 0 spiro atoms. The lowest BCUT2D eigenvalue weighted by Crippen LogP contribution is -2.17. The molecule has 0 unspecified atom stereocenters. The van der Waals surface area contributed by atoms with Crippen molar-refractivity contribution in [1.29, 1.82) is 0 Å². The molecule has 0 atom stereocenters. The first kappa shape index (κ1) is 21.3. The quantitative estimate of drug-likeness (QED) is 0.361. The van der Waals surface area contributed by atoms with Gasteiger partial charge in [0, 0.05) is 5.56 Å². The van der Waals surface area contributed by atoms with Crippen LogP contribution in [0.15, 0.2) is 54.2 Å². The number of carbonyl (C=O) groups excluding carboxylic acids is 1. The fourth-order valence-electron chi connectivity index (χ4n) is 2.31. The lowest BCUT2D eigenvalue weighted by molar-refractivity contribution is 0.0955. The minimum Gasteiger partial charge on any atom is -0.494 e. The Morgan fingerprint density at radius 2 is 1.86 bits per heavy atom. The second kappa shape index (κ2) is 11.0. The number of nitrogens with zero attached hydrogens (tertiary/aromatic N) is 1. The summed E-state index contributed by atoms with van der Waals surface area (Å²) in [6, 6.07) is 10.2. The summed E-state index contributed by atoms with van der Waals surface area (Å²) in [6.07, 6.45) is 3.11. The van der Waals surface area contributed by atoms with Crippen molar-refractivity contribution < 1.29 is 19.0 Å². The van der Waals surface area contributed by atoms with Gasteiger partial charge in [-0.2, -0.15) is 5.10 Å². The molecule has 2 aromatic carbocycles. The first-order valence-corrected chi connectivity index (χ1v) is 9.23. The van der Waals surface area contributed by atoms with Crippen molar-refractivity contribution in [2.45, 2.75) is 13.8 Å². The lowest BCUT2D eigenvalue weighted by atomic mass is 10.2. The average Bonchev–Trinajstić information content (AvgIpc) is 2.68. The predicted octanol–water partition coefficient (Wildman–Crippen LogP) is 4.47. The zero-order chi connectivity index (χ0) is 20.4. The van der Waals surface area contributed by atoms with Gasteiger partial charge in [-0.3, -0.25) is 4.79 Å². The van der Waals surface area contributed by atoms with Gasteiger partial charge in [-0.05, 0) is 55.8 Å². The van der Waals surface area contributed by atoms with Crippen molar-refractivity contribution in [2.75, 3.05) is 19.8 Å². The van der Waals surface area contributed by atoms with E-state index >= 15 is 0 Å². The number of halogens is 1. The Bertz CT molecular complexity index is 835. The van der Waals surface area contributed by atoms with Crippen molar-refractivity contribution in [3.63, 3.8) is 0 Å². The molecule has 0 bridgehead atoms. The molecule has 1 N–H and O–H groups in total. The Balaban J connectivity index is 2.08. The van der Waals surface area contributed by atoms with Crippen molar-refractivity contribution in [3.05, 3.63) is 65.2 Å². The SMILES string of the molecule is C=CCOc1c(Cl)cc(/C=N/NC(=O)c2ccc(OCC)cc2)cc1OCC. The summed E-state index contributed by atoms with van der Waals surface area (Å²) in [7, 11) is 0. The predicted molar refractivity (Wildman–Crippen MR) is 111 cm³/mol. The number of rotatable bonds is 10. The van der Waals surface area contributed by atoms with Crippen LogP contribution in [0.1, 0.15) is 29.8 Å². The smallest absolute Gasteiger partial charge is 0.271 e. The average molecular weight is 403 g/mol. The van der Waals surface area contributed by atoms with Gasteiger partial charge in [-0.15, -0.1) is 0 Å². The molecule has 0 saturated carbocycles. The number of carbonyl (C=O) groups is 1. The molecule has 7 heteroatoms. The fraction of sp³-hybridized carbons (Fsp3) is 0.238. The van der Waals surface area contributed by atoms with Crippen LogP contribution in [0.5, 0.6) is 17.2 Å². The molecule has 0 heterocycles. The zero-order valence-corrected chi connectivity index (χ0v) is 16.7. The molecule has 0 saturated heterocycles. The second-order valence-corrected chi connectivity index (χ2v) is 5.93. The van der Waals surface area contributed by atoms with Crippen molar-refractivity contribution in [1.82, 2.24) is 5.43 Å². The highest BCUT2D eigenvalue weighted by Crippen LogP contribution is 2.36. The van der Waals surface area contributed by atoms with Crippen LogP contribution in [0.2, 0.25) is 5.02 Å². The zero-order valence-electron chi connectivity index (χ0n) is 15.9. The van der Waals surface area contributed by atoms with E-state index < -0.39 is 0 Å². The molecule has 148 valence electrons. The number of amides is 1. The minimum atomic E-state index is -0.332. The highest BCUT2D eigenvalue weighted by molar-refractivity contribution is 6.32. The monoisotopic (exact) mass is 402 g/mol. The van der Waals surface area contributed by atoms with Crippen LogP contribution in [-0.4, -0.2) is 31.9 Å². The molecule has 28 heavy (non-hydrogen) atoms. The summed E-state index contributed by atoms with van der Waals surface area (Å²) >= 11 is 6.28. The second-order valence-electron chi connectivity index (χ2n) is 5.52. The van der Waals surface area contributed by atoms with Gasteiger partial charge in [0.25, 0.3) is 5.91 Å². The summed E-state index contributed by atoms with van der Waals surface area (Å²) < 4.78 is 16.5. The van der Waals surface area contributed by atoms with E-state index in [2.05, 4.69) is 17.1 Å². The molecule has 0 aromatic heterocycles. The van der Waals surface area contributed by atoms with Gasteiger partial charge in [0.1, 0.15) is 12.4 Å². The number of nitrogens with one attached hydrogen (secondary N) is 1. The number of ether oxygens (including phenoxy) is 3. The van der Waals surface area contributed by atoms with Gasteiger partial charge in [0.15, 0.2) is 11.5 Å². The highest BCUT2D eigenvalue weighted by Gasteiger charge is 2.12. The Labute approximate surface area is 169 Å². The summed E-state index contributed by atoms with van der Waals surface area (Å²) in [4.78, 5) is 12.2. The molecule has 0 aliphatic carbocycles. The van der Waals surface area contributed by atoms with Gasteiger partial charge >= 0.3 is 0 Å². The molecule has 1 amide bonds. The molecule has 6 nitrogen and oxygen atoms in total. The number of benzene rings is 2. The van der Waals surface area contributed by atoms with Gasteiger partial charge in [0.2, 0.25) is 0 Å². The molecule has 2 aromatic rings. The Morgan fingerprint density at radius 1 is 1.14 bits per heavy atom. The van der Waals surface area contributed by atoms with Crippen molar-refractivity contribution >= 4 is 23.7 Å². The molecule has 0 radical (unpaired) electrons. The Hall–Kier alpha value is -2.99. The van der Waals surface area contributed by atoms with Crippen LogP contribution in [0.25, 0.3) is 0 Å². The molecular formula is C21H23ClN2O4.